The first-order valence-electron chi connectivity index (χ1n) is 8.17. The van der Waals surface area contributed by atoms with Gasteiger partial charge in [-0.2, -0.15) is 0 Å². The lowest BCUT2D eigenvalue weighted by Crippen LogP contribution is -2.28. The highest BCUT2D eigenvalue weighted by Gasteiger charge is 2.20. The van der Waals surface area contributed by atoms with Crippen molar-refractivity contribution in [3.63, 3.8) is 0 Å². The van der Waals surface area contributed by atoms with E-state index in [0.717, 1.165) is 5.56 Å². The summed E-state index contributed by atoms with van der Waals surface area (Å²) in [5.41, 5.74) is 1.17. The summed E-state index contributed by atoms with van der Waals surface area (Å²) in [6, 6.07) is 15.5. The number of rotatable bonds is 5. The molecule has 0 saturated heterocycles. The Morgan fingerprint density at radius 2 is 1.62 bits per heavy atom. The smallest absolute Gasteiger partial charge is 0.412 e. The highest BCUT2D eigenvalue weighted by molar-refractivity contribution is 7.92. The number of hydrogen-bond donors (Lipinski definition) is 1. The molecule has 1 amide bonds. The van der Waals surface area contributed by atoms with Gasteiger partial charge in [0.05, 0.1) is 11.4 Å². The number of benzene rings is 2. The first-order valence-corrected chi connectivity index (χ1v) is 9.78. The van der Waals surface area contributed by atoms with Gasteiger partial charge in [0.2, 0.25) is 10.0 Å². The number of nitrogens with zero attached hydrogens (tertiary/aromatic N) is 1. The molecule has 0 fully saturated rings. The molecule has 0 aliphatic rings. The Balaban J connectivity index is 2.06. The van der Waals surface area contributed by atoms with Gasteiger partial charge in [0.1, 0.15) is 5.60 Å². The Morgan fingerprint density at radius 1 is 1.04 bits per heavy atom. The molecular formula is C19H24N2O4S. The first kappa shape index (κ1) is 19.8. The van der Waals surface area contributed by atoms with E-state index in [4.69, 9.17) is 4.74 Å². The number of ether oxygens (including phenoxy) is 1. The summed E-state index contributed by atoms with van der Waals surface area (Å²) in [6.45, 7) is 5.34. The molecule has 0 saturated carbocycles. The van der Waals surface area contributed by atoms with E-state index in [-0.39, 0.29) is 5.75 Å². The Morgan fingerprint density at radius 3 is 2.15 bits per heavy atom. The van der Waals surface area contributed by atoms with Crippen LogP contribution >= 0.6 is 0 Å². The zero-order valence-corrected chi connectivity index (χ0v) is 16.2. The second-order valence-electron chi connectivity index (χ2n) is 6.88. The average molecular weight is 376 g/mol. The van der Waals surface area contributed by atoms with E-state index < -0.39 is 21.7 Å². The maximum absolute atomic E-state index is 12.6. The standard InChI is InChI=1S/C19H24N2O4S/c1-19(2,3)25-18(22)20-16-10-12-17(13-11-16)21(4)26(23,24)14-15-8-6-5-7-9-15/h5-13H,14H2,1-4H3,(H,20,22). The maximum Gasteiger partial charge on any atom is 0.412 e. The number of nitrogens with one attached hydrogen (secondary N) is 1. The maximum atomic E-state index is 12.6. The molecule has 2 rings (SSSR count). The van der Waals surface area contributed by atoms with Gasteiger partial charge in [0.25, 0.3) is 0 Å². The second kappa shape index (κ2) is 7.78. The summed E-state index contributed by atoms with van der Waals surface area (Å²) in [5.74, 6) is -0.0811. The fraction of sp³-hybridized carbons (Fsp3) is 0.316. The fourth-order valence-electron chi connectivity index (χ4n) is 2.22. The van der Waals surface area contributed by atoms with Gasteiger partial charge in [0.15, 0.2) is 0 Å². The van der Waals surface area contributed by atoms with Gasteiger partial charge in [-0.05, 0) is 50.6 Å². The van der Waals surface area contributed by atoms with Crippen LogP contribution in [-0.4, -0.2) is 27.2 Å². The van der Waals surface area contributed by atoms with Crippen LogP contribution < -0.4 is 9.62 Å². The fourth-order valence-corrected chi connectivity index (χ4v) is 3.47. The molecular weight excluding hydrogens is 352 g/mol. The van der Waals surface area contributed by atoms with E-state index in [9.17, 15) is 13.2 Å². The van der Waals surface area contributed by atoms with Crippen molar-refractivity contribution in [2.75, 3.05) is 16.7 Å². The van der Waals surface area contributed by atoms with E-state index in [1.807, 2.05) is 18.2 Å². The molecule has 0 unspecified atom stereocenters. The van der Waals surface area contributed by atoms with Crippen LogP contribution in [0.25, 0.3) is 0 Å². The quantitative estimate of drug-likeness (QED) is 0.856. The third-order valence-electron chi connectivity index (χ3n) is 3.49. The molecule has 0 bridgehead atoms. The molecule has 0 spiro atoms. The van der Waals surface area contributed by atoms with Crippen molar-refractivity contribution < 1.29 is 17.9 Å². The van der Waals surface area contributed by atoms with Gasteiger partial charge >= 0.3 is 6.09 Å². The number of carbonyl (C=O) groups excluding carboxylic acids is 1. The summed E-state index contributed by atoms with van der Waals surface area (Å²) in [4.78, 5) is 11.8. The summed E-state index contributed by atoms with van der Waals surface area (Å²) >= 11 is 0. The van der Waals surface area contributed by atoms with Crippen molar-refractivity contribution in [1.29, 1.82) is 0 Å². The molecule has 0 aliphatic heterocycles. The molecule has 2 aromatic rings. The molecule has 2 aromatic carbocycles. The van der Waals surface area contributed by atoms with E-state index in [2.05, 4.69) is 5.32 Å². The van der Waals surface area contributed by atoms with Gasteiger partial charge in [-0.3, -0.25) is 9.62 Å². The third kappa shape index (κ3) is 5.77. The van der Waals surface area contributed by atoms with E-state index in [1.165, 1.54) is 11.4 Å². The summed E-state index contributed by atoms with van der Waals surface area (Å²) in [5, 5.41) is 2.61. The van der Waals surface area contributed by atoms with E-state index in [0.29, 0.717) is 11.4 Å². The topological polar surface area (TPSA) is 75.7 Å². The molecule has 0 aliphatic carbocycles. The SMILES string of the molecule is CN(c1ccc(NC(=O)OC(C)(C)C)cc1)S(=O)(=O)Cc1ccccc1. The second-order valence-corrected chi connectivity index (χ2v) is 8.88. The molecule has 0 aromatic heterocycles. The summed E-state index contributed by atoms with van der Waals surface area (Å²) in [7, 11) is -2.00. The number of hydrogen-bond acceptors (Lipinski definition) is 4. The van der Waals surface area contributed by atoms with Crippen molar-refractivity contribution in [2.45, 2.75) is 32.1 Å². The largest absolute Gasteiger partial charge is 0.444 e. The normalized spacial score (nSPS) is 11.7. The van der Waals surface area contributed by atoms with Crippen molar-refractivity contribution in [3.05, 3.63) is 60.2 Å². The zero-order chi connectivity index (χ0) is 19.4. The number of anilines is 2. The molecule has 0 heterocycles. The minimum absolute atomic E-state index is 0.0811. The number of sulfonamides is 1. The highest BCUT2D eigenvalue weighted by atomic mass is 32.2. The summed E-state index contributed by atoms with van der Waals surface area (Å²) < 4.78 is 31.5. The Hall–Kier alpha value is -2.54. The van der Waals surface area contributed by atoms with Crippen LogP contribution in [0.4, 0.5) is 16.2 Å². The van der Waals surface area contributed by atoms with Gasteiger partial charge in [-0.25, -0.2) is 13.2 Å². The zero-order valence-electron chi connectivity index (χ0n) is 15.4. The molecule has 0 atom stereocenters. The van der Waals surface area contributed by atoms with E-state index in [1.54, 1.807) is 57.2 Å². The van der Waals surface area contributed by atoms with Crippen LogP contribution in [0.5, 0.6) is 0 Å². The number of carbonyl (C=O) groups is 1. The predicted molar refractivity (Wildman–Crippen MR) is 104 cm³/mol. The molecule has 6 nitrogen and oxygen atoms in total. The highest BCUT2D eigenvalue weighted by Crippen LogP contribution is 2.22. The minimum atomic E-state index is -3.51. The molecule has 1 N–H and O–H groups in total. The Kier molecular flexibility index (Phi) is 5.92. The lowest BCUT2D eigenvalue weighted by molar-refractivity contribution is 0.0636. The van der Waals surface area contributed by atoms with Crippen LogP contribution in [0.3, 0.4) is 0 Å². The first-order chi connectivity index (χ1) is 12.1. The van der Waals surface area contributed by atoms with Gasteiger partial charge in [0, 0.05) is 12.7 Å². The van der Waals surface area contributed by atoms with Crippen LogP contribution in [-0.2, 0) is 20.5 Å². The van der Waals surface area contributed by atoms with E-state index >= 15 is 0 Å². The molecule has 0 radical (unpaired) electrons. The van der Waals surface area contributed by atoms with Crippen LogP contribution in [0.15, 0.2) is 54.6 Å². The monoisotopic (exact) mass is 376 g/mol. The Bertz CT molecular complexity index is 841. The Labute approximate surface area is 154 Å². The third-order valence-corrected chi connectivity index (χ3v) is 5.23. The lowest BCUT2D eigenvalue weighted by atomic mass is 10.2. The van der Waals surface area contributed by atoms with Crippen LogP contribution in [0.1, 0.15) is 26.3 Å². The molecule has 140 valence electrons. The van der Waals surface area contributed by atoms with Crippen molar-refractivity contribution >= 4 is 27.5 Å². The van der Waals surface area contributed by atoms with Crippen LogP contribution in [0, 0.1) is 0 Å². The van der Waals surface area contributed by atoms with Gasteiger partial charge < -0.3 is 4.74 Å². The van der Waals surface area contributed by atoms with Crippen molar-refractivity contribution in [2.24, 2.45) is 0 Å². The van der Waals surface area contributed by atoms with Crippen LogP contribution in [0.2, 0.25) is 0 Å². The predicted octanol–water partition coefficient (Wildman–Crippen LogP) is 4.00. The number of amides is 1. The molecule has 7 heteroatoms. The minimum Gasteiger partial charge on any atom is -0.444 e. The van der Waals surface area contributed by atoms with Gasteiger partial charge in [-0.15, -0.1) is 0 Å². The summed E-state index contributed by atoms with van der Waals surface area (Å²) in [6.07, 6.45) is -0.560. The lowest BCUT2D eigenvalue weighted by Gasteiger charge is -2.21. The average Bonchev–Trinajstić information content (AvgIpc) is 2.53. The molecule has 26 heavy (non-hydrogen) atoms. The van der Waals surface area contributed by atoms with Crippen molar-refractivity contribution in [3.8, 4) is 0 Å². The van der Waals surface area contributed by atoms with Crippen molar-refractivity contribution in [1.82, 2.24) is 0 Å². The van der Waals surface area contributed by atoms with Gasteiger partial charge in [-0.1, -0.05) is 30.3 Å².